The number of esters is 1. The third-order valence-electron chi connectivity index (χ3n) is 5.40. The predicted octanol–water partition coefficient (Wildman–Crippen LogP) is 3.12. The number of hydrogen-bond acceptors (Lipinski definition) is 6. The van der Waals surface area contributed by atoms with Crippen molar-refractivity contribution in [3.8, 4) is 5.75 Å². The van der Waals surface area contributed by atoms with E-state index in [-0.39, 0.29) is 12.2 Å². The molecule has 1 aromatic heterocycles. The van der Waals surface area contributed by atoms with Crippen LogP contribution in [-0.2, 0) is 9.53 Å². The van der Waals surface area contributed by atoms with Gasteiger partial charge in [0, 0.05) is 0 Å². The quantitative estimate of drug-likeness (QED) is 0.563. The van der Waals surface area contributed by atoms with E-state index in [0.717, 1.165) is 22.4 Å². The van der Waals surface area contributed by atoms with E-state index < -0.39 is 12.0 Å². The van der Waals surface area contributed by atoms with Crippen molar-refractivity contribution in [2.75, 3.05) is 13.7 Å². The van der Waals surface area contributed by atoms with Crippen LogP contribution in [0.4, 0.5) is 0 Å². The zero-order valence-electron chi connectivity index (χ0n) is 18.4. The number of allylic oxidation sites excluding steroid dienone is 1. The maximum Gasteiger partial charge on any atom is 0.338 e. The summed E-state index contributed by atoms with van der Waals surface area (Å²) < 4.78 is 12.7. The molecule has 0 radical (unpaired) electrons. The van der Waals surface area contributed by atoms with Crippen molar-refractivity contribution < 1.29 is 14.3 Å². The molecule has 0 spiro atoms. The Hall–Kier alpha value is -3.45. The van der Waals surface area contributed by atoms with Crippen molar-refractivity contribution in [1.82, 2.24) is 4.57 Å². The van der Waals surface area contributed by atoms with Crippen LogP contribution in [0.1, 0.15) is 36.6 Å². The van der Waals surface area contributed by atoms with Gasteiger partial charge in [-0.1, -0.05) is 47.7 Å². The molecule has 7 heteroatoms. The van der Waals surface area contributed by atoms with Gasteiger partial charge in [-0.3, -0.25) is 9.36 Å². The molecule has 0 fully saturated rings. The van der Waals surface area contributed by atoms with Crippen LogP contribution in [0.5, 0.6) is 5.75 Å². The first-order valence-electron chi connectivity index (χ1n) is 10.3. The van der Waals surface area contributed by atoms with Crippen LogP contribution in [0.2, 0.25) is 0 Å². The Balaban J connectivity index is 1.93. The van der Waals surface area contributed by atoms with Crippen molar-refractivity contribution in [1.29, 1.82) is 0 Å². The Morgan fingerprint density at radius 2 is 1.94 bits per heavy atom. The molecule has 2 aromatic carbocycles. The predicted molar refractivity (Wildman–Crippen MR) is 125 cm³/mol. The number of nitrogens with zero attached hydrogens (tertiary/aromatic N) is 2. The lowest BCUT2D eigenvalue weighted by Crippen LogP contribution is -2.39. The SMILES string of the molecule is CCOC(=O)C1=C(C)N=c2s/c(=C/c3ccc(OC)cc3C)c(=O)n2[C@H]1c1ccccc1. The number of aryl methyl sites for hydroxylation is 1. The fourth-order valence-electron chi connectivity index (χ4n) is 3.82. The average Bonchev–Trinajstić information content (AvgIpc) is 3.09. The van der Waals surface area contributed by atoms with Gasteiger partial charge in [-0.2, -0.15) is 0 Å². The summed E-state index contributed by atoms with van der Waals surface area (Å²) in [5.41, 5.74) is 3.51. The van der Waals surface area contributed by atoms with E-state index in [4.69, 9.17) is 9.47 Å². The van der Waals surface area contributed by atoms with E-state index in [1.165, 1.54) is 11.3 Å². The zero-order chi connectivity index (χ0) is 22.8. The zero-order valence-corrected chi connectivity index (χ0v) is 19.2. The smallest absolute Gasteiger partial charge is 0.338 e. The molecule has 0 saturated carbocycles. The standard InChI is InChI=1S/C25H24N2O4S/c1-5-31-24(29)21-16(3)26-25-27(22(21)17-9-7-6-8-10-17)23(28)20(32-25)14-18-11-12-19(30-4)13-15(18)2/h6-14,22H,5H2,1-4H3/b20-14+/t22-/m0/s1. The normalized spacial score (nSPS) is 15.9. The summed E-state index contributed by atoms with van der Waals surface area (Å²) in [4.78, 5) is 31.6. The number of carbonyl (C=O) groups excluding carboxylic acids is 1. The molecule has 0 saturated heterocycles. The molecule has 0 unspecified atom stereocenters. The second-order valence-corrected chi connectivity index (χ2v) is 8.44. The molecule has 1 aliphatic heterocycles. The molecule has 3 aromatic rings. The van der Waals surface area contributed by atoms with Crippen LogP contribution < -0.4 is 19.6 Å². The highest BCUT2D eigenvalue weighted by atomic mass is 32.1. The topological polar surface area (TPSA) is 69.9 Å². The van der Waals surface area contributed by atoms with Crippen LogP contribution in [0, 0.1) is 6.92 Å². The van der Waals surface area contributed by atoms with Gasteiger partial charge in [0.1, 0.15) is 5.75 Å². The van der Waals surface area contributed by atoms with E-state index in [9.17, 15) is 9.59 Å². The number of methoxy groups -OCH3 is 1. The number of ether oxygens (including phenoxy) is 2. The number of benzene rings is 2. The Kier molecular flexibility index (Phi) is 6.10. The molecule has 0 aliphatic carbocycles. The Labute approximate surface area is 189 Å². The first-order chi connectivity index (χ1) is 15.4. The lowest BCUT2D eigenvalue weighted by molar-refractivity contribution is -0.139. The number of thiazole rings is 1. The van der Waals surface area contributed by atoms with Crippen molar-refractivity contribution in [3.63, 3.8) is 0 Å². The van der Waals surface area contributed by atoms with Crippen molar-refractivity contribution in [2.45, 2.75) is 26.8 Å². The maximum atomic E-state index is 13.6. The first-order valence-corrected chi connectivity index (χ1v) is 11.2. The summed E-state index contributed by atoms with van der Waals surface area (Å²) >= 11 is 1.32. The fourth-order valence-corrected chi connectivity index (χ4v) is 4.86. The minimum Gasteiger partial charge on any atom is -0.497 e. The molecule has 6 nitrogen and oxygen atoms in total. The number of aromatic nitrogens is 1. The molecule has 2 heterocycles. The molecule has 1 atom stereocenters. The Morgan fingerprint density at radius 3 is 2.59 bits per heavy atom. The van der Waals surface area contributed by atoms with Crippen LogP contribution in [0.15, 0.2) is 69.6 Å². The van der Waals surface area contributed by atoms with Crippen molar-refractivity contribution in [3.05, 3.63) is 96.2 Å². The van der Waals surface area contributed by atoms with Gasteiger partial charge >= 0.3 is 5.97 Å². The van der Waals surface area contributed by atoms with Crippen molar-refractivity contribution >= 4 is 23.4 Å². The van der Waals surface area contributed by atoms with Crippen LogP contribution in [0.25, 0.3) is 6.08 Å². The van der Waals surface area contributed by atoms with Gasteiger partial charge in [0.2, 0.25) is 0 Å². The number of hydrogen-bond donors (Lipinski definition) is 0. The molecular formula is C25H24N2O4S. The van der Waals surface area contributed by atoms with Gasteiger partial charge < -0.3 is 9.47 Å². The molecule has 0 amide bonds. The third-order valence-corrected chi connectivity index (χ3v) is 6.38. The third kappa shape index (κ3) is 3.91. The molecule has 4 rings (SSSR count). The number of fused-ring (bicyclic) bond motifs is 1. The fraction of sp³-hybridized carbons (Fsp3) is 0.240. The van der Waals surface area contributed by atoms with E-state index in [2.05, 4.69) is 4.99 Å². The number of rotatable bonds is 5. The van der Waals surface area contributed by atoms with Crippen molar-refractivity contribution in [2.24, 2.45) is 4.99 Å². The second kappa shape index (κ2) is 8.96. The highest BCUT2D eigenvalue weighted by molar-refractivity contribution is 7.07. The maximum absolute atomic E-state index is 13.6. The van der Waals surface area contributed by atoms with Crippen LogP contribution in [0.3, 0.4) is 0 Å². The van der Waals surface area contributed by atoms with Gasteiger partial charge in [-0.15, -0.1) is 0 Å². The average molecular weight is 449 g/mol. The van der Waals surface area contributed by atoms with E-state index >= 15 is 0 Å². The molecular weight excluding hydrogens is 424 g/mol. The van der Waals surface area contributed by atoms with E-state index in [1.54, 1.807) is 25.5 Å². The van der Waals surface area contributed by atoms with Crippen LogP contribution >= 0.6 is 11.3 Å². The monoisotopic (exact) mass is 448 g/mol. The summed E-state index contributed by atoms with van der Waals surface area (Å²) in [5.74, 6) is 0.308. The molecule has 164 valence electrons. The molecule has 0 bridgehead atoms. The lowest BCUT2D eigenvalue weighted by atomic mass is 9.96. The lowest BCUT2D eigenvalue weighted by Gasteiger charge is -2.24. The van der Waals surface area contributed by atoms with E-state index in [0.29, 0.717) is 20.6 Å². The van der Waals surface area contributed by atoms with Gasteiger partial charge in [-0.05, 0) is 55.7 Å². The van der Waals surface area contributed by atoms with Gasteiger partial charge in [0.25, 0.3) is 5.56 Å². The van der Waals surface area contributed by atoms with Crippen LogP contribution in [-0.4, -0.2) is 24.3 Å². The molecule has 0 N–H and O–H groups in total. The minimum absolute atomic E-state index is 0.188. The second-order valence-electron chi connectivity index (χ2n) is 7.44. The Morgan fingerprint density at radius 1 is 1.19 bits per heavy atom. The summed E-state index contributed by atoms with van der Waals surface area (Å²) in [6, 6.07) is 14.6. The highest BCUT2D eigenvalue weighted by Gasteiger charge is 2.33. The Bertz CT molecular complexity index is 1380. The molecule has 1 aliphatic rings. The van der Waals surface area contributed by atoms with Gasteiger partial charge in [0.05, 0.1) is 35.6 Å². The molecule has 32 heavy (non-hydrogen) atoms. The highest BCUT2D eigenvalue weighted by Crippen LogP contribution is 2.30. The van der Waals surface area contributed by atoms with Gasteiger partial charge in [-0.25, -0.2) is 9.79 Å². The summed E-state index contributed by atoms with van der Waals surface area (Å²) in [7, 11) is 1.62. The summed E-state index contributed by atoms with van der Waals surface area (Å²) in [5, 5.41) is 0. The number of carbonyl (C=O) groups is 1. The first kappa shape index (κ1) is 21.8. The van der Waals surface area contributed by atoms with Gasteiger partial charge in [0.15, 0.2) is 4.80 Å². The summed E-state index contributed by atoms with van der Waals surface area (Å²) in [6.07, 6.45) is 1.87. The largest absolute Gasteiger partial charge is 0.497 e. The summed E-state index contributed by atoms with van der Waals surface area (Å²) in [6.45, 7) is 5.77. The van der Waals surface area contributed by atoms with E-state index in [1.807, 2.05) is 61.5 Å². The minimum atomic E-state index is -0.592.